The summed E-state index contributed by atoms with van der Waals surface area (Å²) < 4.78 is 0. The number of nitrogens with zero attached hydrogens (tertiary/aromatic N) is 2. The molecule has 1 heterocycles. The molecule has 0 fully saturated rings. The van der Waals surface area contributed by atoms with Gasteiger partial charge in [0.1, 0.15) is 0 Å². The number of nitrogen functional groups attached to an aromatic ring is 1. The number of amides is 1. The number of likely N-dealkylation sites (N-methyl/N-ethyl adjacent to an activating group) is 1. The predicted octanol–water partition coefficient (Wildman–Crippen LogP) is 2.24. The van der Waals surface area contributed by atoms with Crippen molar-refractivity contribution < 1.29 is 4.79 Å². The van der Waals surface area contributed by atoms with Crippen molar-refractivity contribution >= 4 is 28.1 Å². The molecule has 4 nitrogen and oxygen atoms in total. The molecule has 2 aromatic rings. The summed E-state index contributed by atoms with van der Waals surface area (Å²) in [6.45, 7) is 2.02. The number of carbonyl (C=O) groups is 1. The molecule has 1 aromatic carbocycles. The van der Waals surface area contributed by atoms with E-state index in [0.29, 0.717) is 5.13 Å². The summed E-state index contributed by atoms with van der Waals surface area (Å²) in [5, 5.41) is 2.31. The van der Waals surface area contributed by atoms with Gasteiger partial charge in [-0.25, -0.2) is 4.98 Å². The number of nitrogens with two attached hydrogens (primary N) is 1. The van der Waals surface area contributed by atoms with Gasteiger partial charge in [-0.1, -0.05) is 17.7 Å². The van der Waals surface area contributed by atoms with Crippen molar-refractivity contribution in [2.75, 3.05) is 17.7 Å². The molecule has 0 bridgehead atoms. The normalized spacial score (nSPS) is 10.3. The van der Waals surface area contributed by atoms with Crippen LogP contribution in [0.25, 0.3) is 0 Å². The Morgan fingerprint density at radius 3 is 2.61 bits per heavy atom. The molecule has 5 heteroatoms. The average Bonchev–Trinajstić information content (AvgIpc) is 2.75. The lowest BCUT2D eigenvalue weighted by molar-refractivity contribution is -0.117. The third kappa shape index (κ3) is 2.87. The van der Waals surface area contributed by atoms with E-state index in [1.807, 2.05) is 36.6 Å². The number of rotatable bonds is 3. The van der Waals surface area contributed by atoms with E-state index in [2.05, 4.69) is 4.98 Å². The van der Waals surface area contributed by atoms with Crippen LogP contribution in [0.1, 0.15) is 11.3 Å². The molecule has 0 saturated carbocycles. The first kappa shape index (κ1) is 12.6. The van der Waals surface area contributed by atoms with Crippen LogP contribution in [0.2, 0.25) is 0 Å². The van der Waals surface area contributed by atoms with Gasteiger partial charge in [-0.3, -0.25) is 4.79 Å². The second kappa shape index (κ2) is 5.18. The monoisotopic (exact) mass is 261 g/mol. The van der Waals surface area contributed by atoms with Crippen molar-refractivity contribution in [1.82, 2.24) is 4.98 Å². The Labute approximate surface area is 110 Å². The fraction of sp³-hybridized carbons (Fsp3) is 0.231. The van der Waals surface area contributed by atoms with E-state index in [1.165, 1.54) is 16.9 Å². The third-order valence-electron chi connectivity index (χ3n) is 2.70. The fourth-order valence-electron chi connectivity index (χ4n) is 1.59. The molecule has 0 saturated heterocycles. The maximum absolute atomic E-state index is 12.1. The summed E-state index contributed by atoms with van der Waals surface area (Å²) in [4.78, 5) is 17.8. The lowest BCUT2D eigenvalue weighted by Crippen LogP contribution is -2.27. The number of aromatic nitrogens is 1. The van der Waals surface area contributed by atoms with Crippen LogP contribution in [0.5, 0.6) is 0 Å². The first-order valence-corrected chi connectivity index (χ1v) is 6.47. The van der Waals surface area contributed by atoms with Crippen LogP contribution in [-0.4, -0.2) is 17.9 Å². The highest BCUT2D eigenvalue weighted by Crippen LogP contribution is 2.16. The lowest BCUT2D eigenvalue weighted by Gasteiger charge is -2.16. The largest absolute Gasteiger partial charge is 0.375 e. The second-order valence-corrected chi connectivity index (χ2v) is 5.03. The first-order valence-electron chi connectivity index (χ1n) is 5.59. The van der Waals surface area contributed by atoms with E-state index in [1.54, 1.807) is 11.9 Å². The molecular formula is C13H15N3OS. The van der Waals surface area contributed by atoms with Gasteiger partial charge in [0.2, 0.25) is 5.91 Å². The van der Waals surface area contributed by atoms with E-state index in [-0.39, 0.29) is 12.3 Å². The molecule has 1 aromatic heterocycles. The van der Waals surface area contributed by atoms with Gasteiger partial charge < -0.3 is 10.6 Å². The number of anilines is 2. The summed E-state index contributed by atoms with van der Waals surface area (Å²) in [6.07, 6.45) is 0.276. The number of aryl methyl sites for hydroxylation is 1. The molecule has 1 amide bonds. The molecule has 94 valence electrons. The van der Waals surface area contributed by atoms with Crippen molar-refractivity contribution in [3.05, 3.63) is 40.9 Å². The van der Waals surface area contributed by atoms with Crippen LogP contribution in [0.3, 0.4) is 0 Å². The highest BCUT2D eigenvalue weighted by atomic mass is 32.1. The highest BCUT2D eigenvalue weighted by molar-refractivity contribution is 7.13. The number of carbonyl (C=O) groups excluding carboxylic acids is 1. The van der Waals surface area contributed by atoms with Gasteiger partial charge in [0.05, 0.1) is 12.1 Å². The Bertz CT molecular complexity index is 548. The van der Waals surface area contributed by atoms with E-state index >= 15 is 0 Å². The standard InChI is InChI=1S/C13H15N3OS/c1-9-3-5-11(6-4-9)16(2)12(17)7-10-8-18-13(14)15-10/h3-6,8H,7H2,1-2H3,(H2,14,15). The zero-order chi connectivity index (χ0) is 13.1. The Morgan fingerprint density at radius 1 is 1.39 bits per heavy atom. The highest BCUT2D eigenvalue weighted by Gasteiger charge is 2.13. The Kier molecular flexibility index (Phi) is 3.62. The predicted molar refractivity (Wildman–Crippen MR) is 74.8 cm³/mol. The molecule has 0 radical (unpaired) electrons. The maximum Gasteiger partial charge on any atom is 0.232 e. The van der Waals surface area contributed by atoms with Crippen molar-refractivity contribution in [3.63, 3.8) is 0 Å². The molecular weight excluding hydrogens is 246 g/mol. The summed E-state index contributed by atoms with van der Waals surface area (Å²) in [6, 6.07) is 7.84. The fourth-order valence-corrected chi connectivity index (χ4v) is 2.15. The van der Waals surface area contributed by atoms with Crippen LogP contribution in [0.4, 0.5) is 10.8 Å². The SMILES string of the molecule is Cc1ccc(N(C)C(=O)Cc2csc(N)n2)cc1. The van der Waals surface area contributed by atoms with E-state index in [9.17, 15) is 4.79 Å². The van der Waals surface area contributed by atoms with Crippen molar-refractivity contribution in [3.8, 4) is 0 Å². The maximum atomic E-state index is 12.1. The Hall–Kier alpha value is -1.88. The van der Waals surface area contributed by atoms with Crippen molar-refractivity contribution in [2.24, 2.45) is 0 Å². The summed E-state index contributed by atoms with van der Waals surface area (Å²) in [5.41, 5.74) is 8.32. The van der Waals surface area contributed by atoms with Gasteiger partial charge in [0.15, 0.2) is 5.13 Å². The van der Waals surface area contributed by atoms with Crippen LogP contribution in [0.15, 0.2) is 29.6 Å². The molecule has 0 aliphatic rings. The molecule has 0 spiro atoms. The van der Waals surface area contributed by atoms with Gasteiger partial charge in [-0.2, -0.15) is 0 Å². The van der Waals surface area contributed by atoms with Crippen molar-refractivity contribution in [2.45, 2.75) is 13.3 Å². The van der Waals surface area contributed by atoms with E-state index < -0.39 is 0 Å². The smallest absolute Gasteiger partial charge is 0.232 e. The van der Waals surface area contributed by atoms with Crippen LogP contribution in [0, 0.1) is 6.92 Å². The minimum atomic E-state index is 0.00385. The number of hydrogen-bond acceptors (Lipinski definition) is 4. The van der Waals surface area contributed by atoms with Gasteiger partial charge in [0, 0.05) is 18.1 Å². The number of thiazole rings is 1. The summed E-state index contributed by atoms with van der Waals surface area (Å²) in [5.74, 6) is 0.00385. The molecule has 0 atom stereocenters. The minimum absolute atomic E-state index is 0.00385. The molecule has 18 heavy (non-hydrogen) atoms. The lowest BCUT2D eigenvalue weighted by atomic mass is 10.2. The summed E-state index contributed by atoms with van der Waals surface area (Å²) >= 11 is 1.35. The zero-order valence-electron chi connectivity index (χ0n) is 10.4. The third-order valence-corrected chi connectivity index (χ3v) is 3.42. The van der Waals surface area contributed by atoms with Crippen molar-refractivity contribution in [1.29, 1.82) is 0 Å². The molecule has 0 unspecified atom stereocenters. The van der Waals surface area contributed by atoms with Crippen LogP contribution in [-0.2, 0) is 11.2 Å². The average molecular weight is 261 g/mol. The quantitative estimate of drug-likeness (QED) is 0.921. The Balaban J connectivity index is 2.07. The van der Waals surface area contributed by atoms with Crippen LogP contribution < -0.4 is 10.6 Å². The second-order valence-electron chi connectivity index (χ2n) is 4.14. The van der Waals surface area contributed by atoms with Gasteiger partial charge in [0.25, 0.3) is 0 Å². The van der Waals surface area contributed by atoms with Crippen LogP contribution >= 0.6 is 11.3 Å². The summed E-state index contributed by atoms with van der Waals surface area (Å²) in [7, 11) is 1.77. The first-order chi connectivity index (χ1) is 8.56. The Morgan fingerprint density at radius 2 is 2.06 bits per heavy atom. The van der Waals surface area contributed by atoms with E-state index in [4.69, 9.17) is 5.73 Å². The zero-order valence-corrected chi connectivity index (χ0v) is 11.2. The number of benzene rings is 1. The topological polar surface area (TPSA) is 59.2 Å². The van der Waals surface area contributed by atoms with Gasteiger partial charge in [-0.15, -0.1) is 11.3 Å². The van der Waals surface area contributed by atoms with Gasteiger partial charge in [-0.05, 0) is 19.1 Å². The minimum Gasteiger partial charge on any atom is -0.375 e. The van der Waals surface area contributed by atoms with E-state index in [0.717, 1.165) is 11.4 Å². The molecule has 0 aliphatic carbocycles. The van der Waals surface area contributed by atoms with Gasteiger partial charge >= 0.3 is 0 Å². The molecule has 0 aliphatic heterocycles. The molecule has 2 rings (SSSR count). The number of hydrogen-bond donors (Lipinski definition) is 1. The molecule has 2 N–H and O–H groups in total.